The number of carbonyl (C=O) groups is 2. The van der Waals surface area contributed by atoms with Gasteiger partial charge < -0.3 is 19.7 Å². The van der Waals surface area contributed by atoms with Crippen LogP contribution in [0.2, 0.25) is 0 Å². The van der Waals surface area contributed by atoms with Crippen LogP contribution in [0.1, 0.15) is 58.8 Å². The second-order valence-corrected chi connectivity index (χ2v) is 8.92. The maximum Gasteiger partial charge on any atom is 0.254 e. The van der Waals surface area contributed by atoms with E-state index in [4.69, 9.17) is 9.47 Å². The molecule has 182 valence electrons. The number of ether oxygens (including phenoxy) is 2. The summed E-state index contributed by atoms with van der Waals surface area (Å²) in [5.74, 6) is -0.953. The van der Waals surface area contributed by atoms with Crippen LogP contribution in [-0.4, -0.2) is 38.0 Å². The van der Waals surface area contributed by atoms with Crippen LogP contribution in [0.5, 0.6) is 11.5 Å². The van der Waals surface area contributed by atoms with Crippen molar-refractivity contribution < 1.29 is 23.5 Å². The summed E-state index contributed by atoms with van der Waals surface area (Å²) in [6.45, 7) is 4.19. The first-order valence-corrected chi connectivity index (χ1v) is 11.4. The first-order valence-electron chi connectivity index (χ1n) is 11.4. The molecule has 0 aromatic heterocycles. The number of anilines is 1. The number of likely N-dealkylation sites (N-methyl/N-ethyl adjacent to an activating group) is 1. The SMILES string of the molecule is COc1cc2c(cc1OC)[C@@H](C(=O)Nc1ccc(C(C)C)cc1)[C@@H](c1ccccc1F)N(C)C2=O. The highest BCUT2D eigenvalue weighted by atomic mass is 19.1. The van der Waals surface area contributed by atoms with E-state index in [0.29, 0.717) is 34.2 Å². The lowest BCUT2D eigenvalue weighted by Crippen LogP contribution is -2.44. The lowest BCUT2D eigenvalue weighted by atomic mass is 9.79. The average Bonchev–Trinajstić information content (AvgIpc) is 2.86. The number of benzene rings is 3. The highest BCUT2D eigenvalue weighted by Gasteiger charge is 2.44. The number of hydrogen-bond acceptors (Lipinski definition) is 4. The van der Waals surface area contributed by atoms with Gasteiger partial charge in [-0.25, -0.2) is 4.39 Å². The van der Waals surface area contributed by atoms with E-state index in [1.807, 2.05) is 24.3 Å². The van der Waals surface area contributed by atoms with Crippen molar-refractivity contribution in [2.45, 2.75) is 31.7 Å². The molecule has 0 saturated carbocycles. The number of halogens is 1. The minimum Gasteiger partial charge on any atom is -0.493 e. The van der Waals surface area contributed by atoms with Crippen molar-refractivity contribution in [3.05, 3.63) is 88.7 Å². The zero-order valence-electron chi connectivity index (χ0n) is 20.5. The normalized spacial score (nSPS) is 17.2. The Hall–Kier alpha value is -3.87. The summed E-state index contributed by atoms with van der Waals surface area (Å²) in [6.07, 6.45) is 0. The monoisotopic (exact) mass is 476 g/mol. The molecule has 3 aromatic carbocycles. The molecule has 0 radical (unpaired) electrons. The Balaban J connectivity index is 1.85. The molecule has 0 spiro atoms. The van der Waals surface area contributed by atoms with Crippen molar-refractivity contribution >= 4 is 17.5 Å². The van der Waals surface area contributed by atoms with Crippen molar-refractivity contribution in [1.82, 2.24) is 4.90 Å². The van der Waals surface area contributed by atoms with Crippen LogP contribution in [0.4, 0.5) is 10.1 Å². The average molecular weight is 477 g/mol. The summed E-state index contributed by atoms with van der Waals surface area (Å²) in [7, 11) is 4.55. The minimum absolute atomic E-state index is 0.263. The van der Waals surface area contributed by atoms with Gasteiger partial charge in [-0.05, 0) is 47.4 Å². The predicted molar refractivity (Wildman–Crippen MR) is 133 cm³/mol. The van der Waals surface area contributed by atoms with Gasteiger partial charge in [-0.15, -0.1) is 0 Å². The standard InChI is InChI=1S/C28H29FN2O4/c1-16(2)17-10-12-18(13-11-17)30-27(32)25-20-14-23(34-4)24(35-5)15-21(20)28(33)31(3)26(25)19-8-6-7-9-22(19)29/h6-16,25-26H,1-5H3,(H,30,32)/t25-,26-/m1/s1. The number of hydrogen-bond donors (Lipinski definition) is 1. The number of carbonyl (C=O) groups excluding carboxylic acids is 2. The van der Waals surface area contributed by atoms with Crippen molar-refractivity contribution in [2.24, 2.45) is 0 Å². The number of fused-ring (bicyclic) bond motifs is 1. The fourth-order valence-corrected chi connectivity index (χ4v) is 4.61. The molecule has 2 atom stereocenters. The predicted octanol–water partition coefficient (Wildman–Crippen LogP) is 5.52. The molecule has 0 saturated heterocycles. The van der Waals surface area contributed by atoms with Crippen molar-refractivity contribution in [3.63, 3.8) is 0 Å². The van der Waals surface area contributed by atoms with E-state index in [1.165, 1.54) is 25.2 Å². The number of rotatable bonds is 6. The Morgan fingerprint density at radius 3 is 2.20 bits per heavy atom. The molecule has 1 aliphatic rings. The van der Waals surface area contributed by atoms with Gasteiger partial charge in [0.05, 0.1) is 26.2 Å². The molecule has 0 unspecified atom stereocenters. The second kappa shape index (κ2) is 9.78. The summed E-state index contributed by atoms with van der Waals surface area (Å²) in [5, 5.41) is 2.97. The number of methoxy groups -OCH3 is 2. The molecule has 1 aliphatic heterocycles. The van der Waals surface area contributed by atoms with E-state index in [9.17, 15) is 14.0 Å². The van der Waals surface area contributed by atoms with Crippen LogP contribution in [0.3, 0.4) is 0 Å². The van der Waals surface area contributed by atoms with Crippen LogP contribution < -0.4 is 14.8 Å². The Bertz CT molecular complexity index is 1260. The third kappa shape index (κ3) is 4.46. The number of nitrogens with zero attached hydrogens (tertiary/aromatic N) is 1. The van der Waals surface area contributed by atoms with Gasteiger partial charge in [0.1, 0.15) is 5.82 Å². The molecular weight excluding hydrogens is 447 g/mol. The Morgan fingerprint density at radius 1 is 0.971 bits per heavy atom. The first-order chi connectivity index (χ1) is 16.8. The zero-order chi connectivity index (χ0) is 25.3. The molecular formula is C28H29FN2O4. The maximum absolute atomic E-state index is 15.0. The lowest BCUT2D eigenvalue weighted by Gasteiger charge is -2.40. The van der Waals surface area contributed by atoms with Crippen LogP contribution in [0.15, 0.2) is 60.7 Å². The third-order valence-electron chi connectivity index (χ3n) is 6.53. The highest BCUT2D eigenvalue weighted by molar-refractivity contribution is 6.05. The number of amides is 2. The first kappa shape index (κ1) is 24.3. The maximum atomic E-state index is 15.0. The summed E-state index contributed by atoms with van der Waals surface area (Å²) in [6, 6.07) is 16.2. The minimum atomic E-state index is -0.894. The Morgan fingerprint density at radius 2 is 1.60 bits per heavy atom. The molecule has 3 aromatic rings. The van der Waals surface area contributed by atoms with Crippen LogP contribution >= 0.6 is 0 Å². The van der Waals surface area contributed by atoms with Gasteiger partial charge >= 0.3 is 0 Å². The second-order valence-electron chi connectivity index (χ2n) is 8.92. The van der Waals surface area contributed by atoms with E-state index < -0.39 is 17.8 Å². The van der Waals surface area contributed by atoms with Gasteiger partial charge in [-0.3, -0.25) is 9.59 Å². The lowest BCUT2D eigenvalue weighted by molar-refractivity contribution is -0.119. The molecule has 4 rings (SSSR count). The van der Waals surface area contributed by atoms with E-state index in [-0.39, 0.29) is 17.4 Å². The molecule has 0 fully saturated rings. The van der Waals surface area contributed by atoms with Gasteiger partial charge in [0.15, 0.2) is 11.5 Å². The van der Waals surface area contributed by atoms with Crippen molar-refractivity contribution in [1.29, 1.82) is 0 Å². The zero-order valence-corrected chi connectivity index (χ0v) is 20.5. The summed E-state index contributed by atoms with van der Waals surface area (Å²) < 4.78 is 25.8. The Kier molecular flexibility index (Phi) is 6.78. The van der Waals surface area contributed by atoms with Gasteiger partial charge in [0, 0.05) is 23.9 Å². The smallest absolute Gasteiger partial charge is 0.254 e. The van der Waals surface area contributed by atoms with Gasteiger partial charge in [0.2, 0.25) is 5.91 Å². The van der Waals surface area contributed by atoms with Gasteiger partial charge in [-0.2, -0.15) is 0 Å². The molecule has 0 bridgehead atoms. The topological polar surface area (TPSA) is 67.9 Å². The van der Waals surface area contributed by atoms with Gasteiger partial charge in [0.25, 0.3) is 5.91 Å². The largest absolute Gasteiger partial charge is 0.493 e. The van der Waals surface area contributed by atoms with E-state index in [1.54, 1.807) is 37.4 Å². The van der Waals surface area contributed by atoms with Crippen LogP contribution in [0.25, 0.3) is 0 Å². The van der Waals surface area contributed by atoms with Crippen molar-refractivity contribution in [3.8, 4) is 11.5 Å². The Labute approximate surface area is 204 Å². The summed E-state index contributed by atoms with van der Waals surface area (Å²) >= 11 is 0. The molecule has 0 aliphatic carbocycles. The van der Waals surface area contributed by atoms with Crippen LogP contribution in [-0.2, 0) is 4.79 Å². The van der Waals surface area contributed by atoms with Crippen LogP contribution in [0, 0.1) is 5.82 Å². The third-order valence-corrected chi connectivity index (χ3v) is 6.53. The molecule has 1 N–H and O–H groups in total. The molecule has 35 heavy (non-hydrogen) atoms. The molecule has 6 nitrogen and oxygen atoms in total. The summed E-state index contributed by atoms with van der Waals surface area (Å²) in [5.41, 5.74) is 2.80. The van der Waals surface area contributed by atoms with E-state index in [2.05, 4.69) is 19.2 Å². The molecule has 7 heteroatoms. The molecule has 2 amide bonds. The quantitative estimate of drug-likeness (QED) is 0.509. The van der Waals surface area contributed by atoms with E-state index >= 15 is 0 Å². The molecule has 1 heterocycles. The number of nitrogens with one attached hydrogen (secondary N) is 1. The van der Waals surface area contributed by atoms with Gasteiger partial charge in [-0.1, -0.05) is 44.2 Å². The highest BCUT2D eigenvalue weighted by Crippen LogP contribution is 2.46. The van der Waals surface area contributed by atoms with E-state index in [0.717, 1.165) is 5.56 Å². The summed E-state index contributed by atoms with van der Waals surface area (Å²) in [4.78, 5) is 28.6. The van der Waals surface area contributed by atoms with Crippen molar-refractivity contribution in [2.75, 3.05) is 26.6 Å². The fraction of sp³-hybridized carbons (Fsp3) is 0.286. The fourth-order valence-electron chi connectivity index (χ4n) is 4.61.